The first kappa shape index (κ1) is 24.3. The van der Waals surface area contributed by atoms with Crippen LogP contribution in [0.15, 0.2) is 102 Å². The highest BCUT2D eigenvalue weighted by atomic mass is 32.2. The zero-order valence-corrected chi connectivity index (χ0v) is 22.5. The third-order valence-corrected chi connectivity index (χ3v) is 9.57. The number of nitrogens with zero attached hydrogens (tertiary/aromatic N) is 1. The molecule has 1 aliphatic rings. The Kier molecular flexibility index (Phi) is 6.00. The molecule has 38 heavy (non-hydrogen) atoms. The number of hydrogen-bond acceptors (Lipinski definition) is 3. The van der Waals surface area contributed by atoms with Crippen molar-refractivity contribution in [2.75, 3.05) is 14.2 Å². The van der Waals surface area contributed by atoms with Crippen LogP contribution in [0, 0.1) is 6.92 Å². The lowest BCUT2D eigenvalue weighted by atomic mass is 9.87. The number of nitrogens with one attached hydrogen (secondary N) is 1. The highest BCUT2D eigenvalue weighted by molar-refractivity contribution is 7.89. The molecule has 0 amide bonds. The van der Waals surface area contributed by atoms with Crippen LogP contribution < -0.4 is 4.74 Å². The Hall–Kier alpha value is -4.03. The van der Waals surface area contributed by atoms with E-state index in [-0.39, 0.29) is 5.92 Å². The zero-order valence-electron chi connectivity index (χ0n) is 21.7. The number of aryl methyl sites for hydroxylation is 1. The van der Waals surface area contributed by atoms with E-state index in [4.69, 9.17) is 4.74 Å². The van der Waals surface area contributed by atoms with Crippen molar-refractivity contribution in [3.63, 3.8) is 0 Å². The normalized spacial score (nSPS) is 15.9. The summed E-state index contributed by atoms with van der Waals surface area (Å²) in [7, 11) is -0.322. The van der Waals surface area contributed by atoms with Crippen molar-refractivity contribution >= 4 is 37.3 Å². The number of sulfonamides is 1. The standard InChI is InChI=1S/C32H30N2O3S/c1-21-13-15-23(16-14-21)38(35,36)34(2)29-18-17-25(31(29)22-9-5-4-6-10-22)28-20-33-32-26-12-8-7-11-24(26)30(37-3)19-27(28)32/h4-16,19-20,25,33H,17-18H2,1-3H3/t25-/m1/s1. The molecule has 5 aromatic rings. The molecular formula is C32H30N2O3S. The number of methoxy groups -OCH3 is 1. The molecule has 1 atom stereocenters. The van der Waals surface area contributed by atoms with Gasteiger partial charge in [0.25, 0.3) is 10.0 Å². The number of aromatic nitrogens is 1. The fourth-order valence-electron chi connectivity index (χ4n) is 5.81. The average Bonchev–Trinajstić information content (AvgIpc) is 3.57. The second kappa shape index (κ2) is 9.37. The van der Waals surface area contributed by atoms with Crippen LogP contribution in [-0.4, -0.2) is 31.9 Å². The quantitative estimate of drug-likeness (QED) is 0.256. The van der Waals surface area contributed by atoms with E-state index in [1.165, 1.54) is 4.31 Å². The molecule has 6 rings (SSSR count). The Balaban J connectivity index is 1.54. The van der Waals surface area contributed by atoms with Gasteiger partial charge in [0, 0.05) is 41.0 Å². The summed E-state index contributed by atoms with van der Waals surface area (Å²) < 4.78 is 34.7. The number of aromatic amines is 1. The summed E-state index contributed by atoms with van der Waals surface area (Å²) in [5, 5.41) is 3.27. The summed E-state index contributed by atoms with van der Waals surface area (Å²) >= 11 is 0. The van der Waals surface area contributed by atoms with Crippen LogP contribution in [0.4, 0.5) is 0 Å². The molecule has 0 unspecified atom stereocenters. The van der Waals surface area contributed by atoms with Crippen molar-refractivity contribution in [2.45, 2.75) is 30.6 Å². The molecule has 1 N–H and O–H groups in total. The van der Waals surface area contributed by atoms with E-state index in [0.717, 1.165) is 61.8 Å². The van der Waals surface area contributed by atoms with Crippen molar-refractivity contribution in [3.05, 3.63) is 114 Å². The number of allylic oxidation sites excluding steroid dienone is 2. The minimum absolute atomic E-state index is 0.0303. The van der Waals surface area contributed by atoms with Crippen molar-refractivity contribution < 1.29 is 13.2 Å². The summed E-state index contributed by atoms with van der Waals surface area (Å²) in [6.45, 7) is 1.96. The summed E-state index contributed by atoms with van der Waals surface area (Å²) in [6, 6.07) is 27.6. The third-order valence-electron chi connectivity index (χ3n) is 7.76. The zero-order chi connectivity index (χ0) is 26.4. The molecular weight excluding hydrogens is 492 g/mol. The van der Waals surface area contributed by atoms with Crippen LogP contribution in [0.5, 0.6) is 5.75 Å². The average molecular weight is 523 g/mol. The van der Waals surface area contributed by atoms with Gasteiger partial charge in [0.2, 0.25) is 0 Å². The highest BCUT2D eigenvalue weighted by Crippen LogP contribution is 2.49. The molecule has 1 heterocycles. The molecule has 0 spiro atoms. The van der Waals surface area contributed by atoms with Crippen molar-refractivity contribution in [1.82, 2.24) is 9.29 Å². The van der Waals surface area contributed by atoms with E-state index < -0.39 is 10.0 Å². The Morgan fingerprint density at radius 3 is 2.29 bits per heavy atom. The van der Waals surface area contributed by atoms with Gasteiger partial charge in [-0.25, -0.2) is 8.42 Å². The first-order chi connectivity index (χ1) is 18.4. The van der Waals surface area contributed by atoms with Crippen LogP contribution >= 0.6 is 0 Å². The lowest BCUT2D eigenvalue weighted by molar-refractivity contribution is 0.420. The summed E-state index contributed by atoms with van der Waals surface area (Å²) in [5.41, 5.74) is 6.18. The van der Waals surface area contributed by atoms with Crippen molar-refractivity contribution in [2.24, 2.45) is 0 Å². The molecule has 5 nitrogen and oxygen atoms in total. The lowest BCUT2D eigenvalue weighted by Crippen LogP contribution is -2.26. The first-order valence-electron chi connectivity index (χ1n) is 12.8. The van der Waals surface area contributed by atoms with Crippen LogP contribution in [0.2, 0.25) is 0 Å². The van der Waals surface area contributed by atoms with Crippen LogP contribution in [0.25, 0.3) is 27.2 Å². The van der Waals surface area contributed by atoms with Gasteiger partial charge < -0.3 is 9.72 Å². The van der Waals surface area contributed by atoms with E-state index in [9.17, 15) is 8.42 Å². The van der Waals surface area contributed by atoms with Gasteiger partial charge in [0.15, 0.2) is 0 Å². The maximum absolute atomic E-state index is 13.7. The molecule has 0 radical (unpaired) electrons. The maximum atomic E-state index is 13.7. The Bertz CT molecular complexity index is 1790. The number of fused-ring (bicyclic) bond motifs is 3. The minimum atomic E-state index is -3.71. The van der Waals surface area contributed by atoms with Crippen molar-refractivity contribution in [1.29, 1.82) is 0 Å². The molecule has 1 aromatic heterocycles. The minimum Gasteiger partial charge on any atom is -0.496 e. The fraction of sp³-hybridized carbons (Fsp3) is 0.188. The number of benzene rings is 4. The van der Waals surface area contributed by atoms with Gasteiger partial charge in [-0.2, -0.15) is 0 Å². The molecule has 0 saturated carbocycles. The summed E-state index contributed by atoms with van der Waals surface area (Å²) in [4.78, 5) is 3.83. The van der Waals surface area contributed by atoms with Gasteiger partial charge in [-0.15, -0.1) is 0 Å². The predicted octanol–water partition coefficient (Wildman–Crippen LogP) is 7.25. The van der Waals surface area contributed by atoms with Gasteiger partial charge in [-0.3, -0.25) is 4.31 Å². The molecule has 0 aliphatic heterocycles. The largest absolute Gasteiger partial charge is 0.496 e. The second-order valence-corrected chi connectivity index (χ2v) is 11.9. The topological polar surface area (TPSA) is 62.4 Å². The molecule has 6 heteroatoms. The van der Waals surface area contributed by atoms with Crippen LogP contribution in [-0.2, 0) is 10.0 Å². The second-order valence-electron chi connectivity index (χ2n) is 9.89. The summed E-state index contributed by atoms with van der Waals surface area (Å²) in [6.07, 6.45) is 3.56. The molecule has 192 valence electrons. The monoisotopic (exact) mass is 522 g/mol. The van der Waals surface area contributed by atoms with Crippen LogP contribution in [0.3, 0.4) is 0 Å². The van der Waals surface area contributed by atoms with E-state index in [1.54, 1.807) is 26.3 Å². The number of rotatable bonds is 6. The fourth-order valence-corrected chi connectivity index (χ4v) is 7.08. The van der Waals surface area contributed by atoms with Gasteiger partial charge in [-0.1, -0.05) is 72.3 Å². The molecule has 0 bridgehead atoms. The number of H-pyrrole nitrogens is 1. The smallest absolute Gasteiger partial charge is 0.263 e. The van der Waals surface area contributed by atoms with Gasteiger partial charge >= 0.3 is 0 Å². The molecule has 0 saturated heterocycles. The van der Waals surface area contributed by atoms with E-state index in [2.05, 4.69) is 41.5 Å². The van der Waals surface area contributed by atoms with E-state index >= 15 is 0 Å². The first-order valence-corrected chi connectivity index (χ1v) is 14.2. The van der Waals surface area contributed by atoms with E-state index in [1.807, 2.05) is 49.4 Å². The Morgan fingerprint density at radius 1 is 0.895 bits per heavy atom. The van der Waals surface area contributed by atoms with Gasteiger partial charge in [0.1, 0.15) is 5.75 Å². The molecule has 0 fully saturated rings. The molecule has 1 aliphatic carbocycles. The van der Waals surface area contributed by atoms with Crippen LogP contribution in [0.1, 0.15) is 35.4 Å². The van der Waals surface area contributed by atoms with Gasteiger partial charge in [0.05, 0.1) is 17.5 Å². The Morgan fingerprint density at radius 2 is 1.58 bits per heavy atom. The third kappa shape index (κ3) is 3.87. The van der Waals surface area contributed by atoms with E-state index in [0.29, 0.717) is 11.3 Å². The highest BCUT2D eigenvalue weighted by Gasteiger charge is 2.35. The summed E-state index contributed by atoms with van der Waals surface area (Å²) in [5.74, 6) is 0.860. The predicted molar refractivity (Wildman–Crippen MR) is 154 cm³/mol. The molecule has 4 aromatic carbocycles. The lowest BCUT2D eigenvalue weighted by Gasteiger charge is -2.24. The SMILES string of the molecule is COc1cc2c([C@H]3CCC(N(C)S(=O)(=O)c4ccc(C)cc4)=C3c3ccccc3)c[nH]c2c2ccccc12. The number of hydrogen-bond donors (Lipinski definition) is 1. The van der Waals surface area contributed by atoms with Gasteiger partial charge in [-0.05, 0) is 54.7 Å². The Labute approximate surface area is 223 Å². The maximum Gasteiger partial charge on any atom is 0.263 e. The number of ether oxygens (including phenoxy) is 1. The van der Waals surface area contributed by atoms with Crippen molar-refractivity contribution in [3.8, 4) is 5.75 Å².